The van der Waals surface area contributed by atoms with Gasteiger partial charge in [-0.05, 0) is 35.7 Å². The zero-order chi connectivity index (χ0) is 12.7. The van der Waals surface area contributed by atoms with Gasteiger partial charge in [0.1, 0.15) is 0 Å². The molecule has 0 N–H and O–H groups in total. The van der Waals surface area contributed by atoms with Gasteiger partial charge in [0, 0.05) is 35.1 Å². The molecule has 0 aliphatic carbocycles. The minimum absolute atomic E-state index is 1.04. The highest BCUT2D eigenvalue weighted by Crippen LogP contribution is 2.27. The smallest absolute Gasteiger partial charge is 0.0781 e. The lowest BCUT2D eigenvalue weighted by molar-refractivity contribution is 1.20. The Hall–Kier alpha value is -2.61. The van der Waals surface area contributed by atoms with E-state index in [4.69, 9.17) is 0 Å². The molecule has 1 aromatic carbocycles. The third kappa shape index (κ3) is 1.61. The molecule has 2 nitrogen and oxygen atoms in total. The highest BCUT2D eigenvalue weighted by Gasteiger charge is 2.05. The van der Waals surface area contributed by atoms with Crippen LogP contribution in [-0.4, -0.2) is 9.38 Å². The normalized spacial score (nSPS) is 11.2. The Bertz CT molecular complexity index is 869. The number of rotatable bonds is 1. The number of hydrogen-bond donors (Lipinski definition) is 0. The highest BCUT2D eigenvalue weighted by atomic mass is 14.8. The van der Waals surface area contributed by atoms with Gasteiger partial charge >= 0.3 is 0 Å². The Kier molecular flexibility index (Phi) is 2.15. The number of aromatic nitrogens is 2. The molecule has 4 rings (SSSR count). The molecule has 0 amide bonds. The Balaban J connectivity index is 2.03. The molecule has 0 radical (unpaired) electrons. The van der Waals surface area contributed by atoms with Crippen LogP contribution < -0.4 is 0 Å². The highest BCUT2D eigenvalue weighted by molar-refractivity contribution is 5.94. The summed E-state index contributed by atoms with van der Waals surface area (Å²) in [7, 11) is 0. The molecule has 0 unspecified atom stereocenters. The van der Waals surface area contributed by atoms with Gasteiger partial charge in [0.25, 0.3) is 0 Å². The summed E-state index contributed by atoms with van der Waals surface area (Å²) >= 11 is 0. The van der Waals surface area contributed by atoms with Crippen molar-refractivity contribution in [2.75, 3.05) is 0 Å². The van der Waals surface area contributed by atoms with Crippen molar-refractivity contribution in [1.82, 2.24) is 9.38 Å². The van der Waals surface area contributed by atoms with E-state index in [1.54, 1.807) is 0 Å². The summed E-state index contributed by atoms with van der Waals surface area (Å²) in [5.74, 6) is 0. The Morgan fingerprint density at radius 1 is 0.842 bits per heavy atom. The maximum absolute atomic E-state index is 4.56. The third-order valence-electron chi connectivity index (χ3n) is 3.48. The second-order valence-electron chi connectivity index (χ2n) is 4.64. The number of nitrogens with zero attached hydrogens (tertiary/aromatic N) is 2. The second-order valence-corrected chi connectivity index (χ2v) is 4.64. The van der Waals surface area contributed by atoms with E-state index in [9.17, 15) is 0 Å². The molecule has 2 heteroatoms. The molecule has 0 atom stereocenters. The maximum atomic E-state index is 4.56. The average Bonchev–Trinajstić information content (AvgIpc) is 2.94. The van der Waals surface area contributed by atoms with E-state index in [0.29, 0.717) is 0 Å². The van der Waals surface area contributed by atoms with Crippen molar-refractivity contribution in [1.29, 1.82) is 0 Å². The van der Waals surface area contributed by atoms with Gasteiger partial charge in [-0.2, -0.15) is 0 Å². The van der Waals surface area contributed by atoms with Crippen molar-refractivity contribution < 1.29 is 0 Å². The molecule has 0 fully saturated rings. The van der Waals surface area contributed by atoms with Gasteiger partial charge in [0.15, 0.2) is 0 Å². The fourth-order valence-electron chi connectivity index (χ4n) is 2.53. The van der Waals surface area contributed by atoms with E-state index in [0.717, 1.165) is 11.3 Å². The van der Waals surface area contributed by atoms with Gasteiger partial charge in [-0.25, -0.2) is 0 Å². The lowest BCUT2D eigenvalue weighted by atomic mass is 10.0. The standard InChI is InChI=1S/C17H12N2/c1-2-6-16-13(4-1)7-9-18-17(16)14-8-11-19-10-3-5-15(19)12-14/h1-12H. The predicted molar refractivity (Wildman–Crippen MR) is 78.1 cm³/mol. The van der Waals surface area contributed by atoms with Crippen molar-refractivity contribution in [3.05, 3.63) is 73.2 Å². The molecule has 0 saturated carbocycles. The van der Waals surface area contributed by atoms with E-state index >= 15 is 0 Å². The maximum Gasteiger partial charge on any atom is 0.0781 e. The first kappa shape index (κ1) is 10.3. The Labute approximate surface area is 111 Å². The Morgan fingerprint density at radius 2 is 1.79 bits per heavy atom. The summed E-state index contributed by atoms with van der Waals surface area (Å²) < 4.78 is 2.11. The monoisotopic (exact) mass is 244 g/mol. The van der Waals surface area contributed by atoms with Crippen LogP contribution in [0.5, 0.6) is 0 Å². The molecule has 0 saturated heterocycles. The second kappa shape index (κ2) is 3.95. The summed E-state index contributed by atoms with van der Waals surface area (Å²) in [6.45, 7) is 0. The molecule has 90 valence electrons. The Morgan fingerprint density at radius 3 is 2.79 bits per heavy atom. The lowest BCUT2D eigenvalue weighted by Gasteiger charge is -2.06. The van der Waals surface area contributed by atoms with Crippen LogP contribution in [-0.2, 0) is 0 Å². The van der Waals surface area contributed by atoms with E-state index in [1.807, 2.05) is 6.20 Å². The van der Waals surface area contributed by atoms with Crippen LogP contribution in [0.15, 0.2) is 73.2 Å². The molecule has 19 heavy (non-hydrogen) atoms. The van der Waals surface area contributed by atoms with Crippen LogP contribution in [0.4, 0.5) is 0 Å². The zero-order valence-corrected chi connectivity index (χ0v) is 10.3. The van der Waals surface area contributed by atoms with Crippen LogP contribution in [0.1, 0.15) is 0 Å². The fourth-order valence-corrected chi connectivity index (χ4v) is 2.53. The number of hydrogen-bond acceptors (Lipinski definition) is 1. The first-order valence-corrected chi connectivity index (χ1v) is 6.33. The molecule has 3 aromatic heterocycles. The largest absolute Gasteiger partial charge is 0.324 e. The van der Waals surface area contributed by atoms with E-state index in [-0.39, 0.29) is 0 Å². The van der Waals surface area contributed by atoms with E-state index < -0.39 is 0 Å². The molecular formula is C17H12N2. The number of pyridine rings is 2. The molecule has 4 aromatic rings. The summed E-state index contributed by atoms with van der Waals surface area (Å²) in [4.78, 5) is 4.56. The van der Waals surface area contributed by atoms with Gasteiger partial charge in [0.2, 0.25) is 0 Å². The quantitative estimate of drug-likeness (QED) is 0.491. The molecule has 0 spiro atoms. The van der Waals surface area contributed by atoms with Crippen molar-refractivity contribution in [3.8, 4) is 11.3 Å². The third-order valence-corrected chi connectivity index (χ3v) is 3.48. The first-order valence-electron chi connectivity index (χ1n) is 6.33. The summed E-state index contributed by atoms with van der Waals surface area (Å²) in [6.07, 6.45) is 6.00. The van der Waals surface area contributed by atoms with E-state index in [1.165, 1.54) is 16.3 Å². The van der Waals surface area contributed by atoms with Crippen LogP contribution in [0, 0.1) is 0 Å². The van der Waals surface area contributed by atoms with Crippen LogP contribution in [0.2, 0.25) is 0 Å². The van der Waals surface area contributed by atoms with E-state index in [2.05, 4.69) is 76.4 Å². The van der Waals surface area contributed by atoms with Crippen LogP contribution in [0.3, 0.4) is 0 Å². The van der Waals surface area contributed by atoms with Gasteiger partial charge in [0.05, 0.1) is 5.69 Å². The summed E-state index contributed by atoms with van der Waals surface area (Å²) in [5, 5.41) is 2.42. The minimum atomic E-state index is 1.04. The summed E-state index contributed by atoms with van der Waals surface area (Å²) in [6, 6.07) is 18.9. The molecule has 3 heterocycles. The van der Waals surface area contributed by atoms with Crippen LogP contribution in [0.25, 0.3) is 27.5 Å². The molecule has 0 bridgehead atoms. The van der Waals surface area contributed by atoms with Crippen molar-refractivity contribution in [2.45, 2.75) is 0 Å². The van der Waals surface area contributed by atoms with Gasteiger partial charge in [-0.3, -0.25) is 4.98 Å². The van der Waals surface area contributed by atoms with Gasteiger partial charge < -0.3 is 4.40 Å². The SMILES string of the molecule is c1ccc2c(-c3ccn4cccc4c3)nccc2c1. The van der Waals surface area contributed by atoms with Crippen molar-refractivity contribution in [3.63, 3.8) is 0 Å². The molecular weight excluding hydrogens is 232 g/mol. The zero-order valence-electron chi connectivity index (χ0n) is 10.3. The van der Waals surface area contributed by atoms with Gasteiger partial charge in [-0.15, -0.1) is 0 Å². The topological polar surface area (TPSA) is 17.3 Å². The molecule has 0 aliphatic heterocycles. The fraction of sp³-hybridized carbons (Fsp3) is 0. The van der Waals surface area contributed by atoms with Crippen molar-refractivity contribution >= 4 is 16.3 Å². The van der Waals surface area contributed by atoms with Crippen LogP contribution >= 0.6 is 0 Å². The van der Waals surface area contributed by atoms with Gasteiger partial charge in [-0.1, -0.05) is 24.3 Å². The predicted octanol–water partition coefficient (Wildman–Crippen LogP) is 4.15. The lowest BCUT2D eigenvalue weighted by Crippen LogP contribution is -1.88. The number of benzene rings is 1. The summed E-state index contributed by atoms with van der Waals surface area (Å²) in [5.41, 5.74) is 3.39. The first-order chi connectivity index (χ1) is 9.42. The average molecular weight is 244 g/mol. The van der Waals surface area contributed by atoms with Crippen molar-refractivity contribution in [2.24, 2.45) is 0 Å². The number of fused-ring (bicyclic) bond motifs is 2. The minimum Gasteiger partial charge on any atom is -0.324 e. The molecule has 0 aliphatic rings.